The third-order valence-corrected chi connectivity index (χ3v) is 4.15. The van der Waals surface area contributed by atoms with Crippen molar-refractivity contribution in [3.63, 3.8) is 0 Å². The number of hydrogen-bond acceptors (Lipinski definition) is 5. The van der Waals surface area contributed by atoms with Crippen LogP contribution in [0, 0.1) is 0 Å². The highest BCUT2D eigenvalue weighted by Gasteiger charge is 2.09. The van der Waals surface area contributed by atoms with Crippen LogP contribution in [0.4, 0.5) is 0 Å². The van der Waals surface area contributed by atoms with Crippen LogP contribution in [-0.2, 0) is 24.7 Å². The number of benzene rings is 1. The van der Waals surface area contributed by atoms with Gasteiger partial charge in [0.15, 0.2) is 0 Å². The second-order valence-electron chi connectivity index (χ2n) is 6.22. The predicted octanol–water partition coefficient (Wildman–Crippen LogP) is 2.78. The van der Waals surface area contributed by atoms with Crippen molar-refractivity contribution in [1.82, 2.24) is 24.7 Å². The van der Waals surface area contributed by atoms with Crippen molar-refractivity contribution in [1.29, 1.82) is 0 Å². The second kappa shape index (κ2) is 6.84. The fourth-order valence-electron chi connectivity index (χ4n) is 2.87. The maximum Gasteiger partial charge on any atom is 0.144 e. The van der Waals surface area contributed by atoms with E-state index in [0.29, 0.717) is 12.2 Å². The van der Waals surface area contributed by atoms with Crippen molar-refractivity contribution in [2.45, 2.75) is 12.8 Å². The highest BCUT2D eigenvalue weighted by molar-refractivity contribution is 5.85. The first-order valence-corrected chi connectivity index (χ1v) is 8.33. The van der Waals surface area contributed by atoms with E-state index < -0.39 is 0 Å². The average molecular weight is 343 g/mol. The standard InChI is InChI=1S/C20H17N5O/c1-25-13-17(12-23-25)15-4-5-16-11-22-20(24-19(16)8-15)9-18(26)7-14-3-2-6-21-10-14/h2-6,8,10-13H,7,9H2,1H3. The van der Waals surface area contributed by atoms with Gasteiger partial charge in [0.05, 0.1) is 18.1 Å². The molecule has 0 N–H and O–H groups in total. The van der Waals surface area contributed by atoms with E-state index in [0.717, 1.165) is 27.6 Å². The molecule has 3 aromatic heterocycles. The Morgan fingerprint density at radius 1 is 1.08 bits per heavy atom. The lowest BCUT2D eigenvalue weighted by Crippen LogP contribution is -2.09. The lowest BCUT2D eigenvalue weighted by atomic mass is 10.1. The van der Waals surface area contributed by atoms with Crippen molar-refractivity contribution in [3.05, 3.63) is 72.7 Å². The van der Waals surface area contributed by atoms with E-state index >= 15 is 0 Å². The third kappa shape index (κ3) is 3.49. The number of aryl methyl sites for hydroxylation is 1. The fourth-order valence-corrected chi connectivity index (χ4v) is 2.87. The molecule has 0 radical (unpaired) electrons. The zero-order valence-electron chi connectivity index (χ0n) is 14.3. The molecule has 0 atom stereocenters. The number of pyridine rings is 1. The summed E-state index contributed by atoms with van der Waals surface area (Å²) in [6, 6.07) is 9.74. The molecule has 4 aromatic rings. The number of Topliss-reactive ketones (excluding diaryl/α,β-unsaturated/α-hetero) is 1. The van der Waals surface area contributed by atoms with Crippen LogP contribution in [0.2, 0.25) is 0 Å². The third-order valence-electron chi connectivity index (χ3n) is 4.15. The van der Waals surface area contributed by atoms with Gasteiger partial charge in [-0.25, -0.2) is 9.97 Å². The Balaban J connectivity index is 1.57. The molecule has 0 aliphatic carbocycles. The summed E-state index contributed by atoms with van der Waals surface area (Å²) < 4.78 is 1.77. The Kier molecular flexibility index (Phi) is 4.23. The monoisotopic (exact) mass is 343 g/mol. The van der Waals surface area contributed by atoms with Gasteiger partial charge in [0.1, 0.15) is 11.6 Å². The van der Waals surface area contributed by atoms with Gasteiger partial charge in [-0.3, -0.25) is 14.5 Å². The molecule has 128 valence electrons. The van der Waals surface area contributed by atoms with Crippen LogP contribution in [0.1, 0.15) is 11.4 Å². The molecule has 0 fully saturated rings. The van der Waals surface area contributed by atoms with Gasteiger partial charge in [0.2, 0.25) is 0 Å². The molecule has 0 amide bonds. The maximum atomic E-state index is 12.3. The van der Waals surface area contributed by atoms with E-state index in [1.54, 1.807) is 23.3 Å². The smallest absolute Gasteiger partial charge is 0.144 e. The van der Waals surface area contributed by atoms with Gasteiger partial charge in [0.25, 0.3) is 0 Å². The summed E-state index contributed by atoms with van der Waals surface area (Å²) in [5.41, 5.74) is 3.79. The Labute approximate surface area is 150 Å². The summed E-state index contributed by atoms with van der Waals surface area (Å²) in [5.74, 6) is 0.607. The molecule has 0 saturated carbocycles. The number of carbonyl (C=O) groups excluding carboxylic acids is 1. The summed E-state index contributed by atoms with van der Waals surface area (Å²) in [7, 11) is 1.89. The molecule has 0 bridgehead atoms. The van der Waals surface area contributed by atoms with Gasteiger partial charge in [-0.2, -0.15) is 5.10 Å². The Bertz CT molecular complexity index is 1070. The van der Waals surface area contributed by atoms with Crippen molar-refractivity contribution >= 4 is 16.7 Å². The molecular formula is C20H17N5O. The van der Waals surface area contributed by atoms with E-state index in [2.05, 4.69) is 20.1 Å². The highest BCUT2D eigenvalue weighted by Crippen LogP contribution is 2.22. The van der Waals surface area contributed by atoms with Crippen molar-refractivity contribution < 1.29 is 4.79 Å². The van der Waals surface area contributed by atoms with E-state index in [4.69, 9.17) is 0 Å². The molecular weight excluding hydrogens is 326 g/mol. The van der Waals surface area contributed by atoms with Gasteiger partial charge in [-0.05, 0) is 23.3 Å². The molecule has 4 rings (SSSR count). The quantitative estimate of drug-likeness (QED) is 0.557. The molecule has 26 heavy (non-hydrogen) atoms. The SMILES string of the molecule is Cn1cc(-c2ccc3cnc(CC(=O)Cc4cccnc4)nc3c2)cn1. The van der Waals surface area contributed by atoms with Crippen molar-refractivity contribution in [3.8, 4) is 11.1 Å². The van der Waals surface area contributed by atoms with Crippen LogP contribution in [0.3, 0.4) is 0 Å². The van der Waals surface area contributed by atoms with Crippen molar-refractivity contribution in [2.24, 2.45) is 7.05 Å². The molecule has 0 unspecified atom stereocenters. The van der Waals surface area contributed by atoms with Crippen LogP contribution in [0.25, 0.3) is 22.0 Å². The number of carbonyl (C=O) groups is 1. The van der Waals surface area contributed by atoms with Crippen LogP contribution in [0.15, 0.2) is 61.3 Å². The molecule has 0 aliphatic heterocycles. The molecule has 3 heterocycles. The molecule has 1 aromatic carbocycles. The summed E-state index contributed by atoms with van der Waals surface area (Å²) in [5, 5.41) is 5.15. The predicted molar refractivity (Wildman–Crippen MR) is 98.4 cm³/mol. The number of ketones is 1. The highest BCUT2D eigenvalue weighted by atomic mass is 16.1. The summed E-state index contributed by atoms with van der Waals surface area (Å²) in [6.45, 7) is 0. The van der Waals surface area contributed by atoms with Crippen LogP contribution in [0.5, 0.6) is 0 Å². The van der Waals surface area contributed by atoms with E-state index in [-0.39, 0.29) is 12.2 Å². The first kappa shape index (κ1) is 16.1. The van der Waals surface area contributed by atoms with Crippen molar-refractivity contribution in [2.75, 3.05) is 0 Å². The number of aromatic nitrogens is 5. The van der Waals surface area contributed by atoms with Crippen LogP contribution >= 0.6 is 0 Å². The van der Waals surface area contributed by atoms with Gasteiger partial charge in [-0.15, -0.1) is 0 Å². The minimum absolute atomic E-state index is 0.0702. The molecule has 0 saturated heterocycles. The zero-order chi connectivity index (χ0) is 17.9. The molecule has 6 nitrogen and oxygen atoms in total. The number of fused-ring (bicyclic) bond motifs is 1. The molecule has 6 heteroatoms. The summed E-state index contributed by atoms with van der Waals surface area (Å²) >= 11 is 0. The topological polar surface area (TPSA) is 73.6 Å². The van der Waals surface area contributed by atoms with Crippen LogP contribution < -0.4 is 0 Å². The zero-order valence-corrected chi connectivity index (χ0v) is 14.3. The van der Waals surface area contributed by atoms with E-state index in [1.807, 2.05) is 49.8 Å². The number of nitrogens with zero attached hydrogens (tertiary/aromatic N) is 5. The fraction of sp³-hybridized carbons (Fsp3) is 0.150. The lowest BCUT2D eigenvalue weighted by Gasteiger charge is -2.04. The van der Waals surface area contributed by atoms with E-state index in [1.165, 1.54) is 0 Å². The van der Waals surface area contributed by atoms with Gasteiger partial charge in [-0.1, -0.05) is 18.2 Å². The Morgan fingerprint density at radius 2 is 2.00 bits per heavy atom. The maximum absolute atomic E-state index is 12.3. The number of hydrogen-bond donors (Lipinski definition) is 0. The van der Waals surface area contributed by atoms with Crippen LogP contribution in [-0.4, -0.2) is 30.5 Å². The normalized spacial score (nSPS) is 11.0. The largest absolute Gasteiger partial charge is 0.299 e. The van der Waals surface area contributed by atoms with E-state index in [9.17, 15) is 4.79 Å². The Morgan fingerprint density at radius 3 is 2.77 bits per heavy atom. The Hall–Kier alpha value is -3.41. The average Bonchev–Trinajstić information content (AvgIpc) is 3.08. The first-order chi connectivity index (χ1) is 12.7. The van der Waals surface area contributed by atoms with Gasteiger partial charge < -0.3 is 0 Å². The second-order valence-corrected chi connectivity index (χ2v) is 6.22. The lowest BCUT2D eigenvalue weighted by molar-refractivity contribution is -0.117. The molecule has 0 aliphatic rings. The summed E-state index contributed by atoms with van der Waals surface area (Å²) in [6.07, 6.45) is 9.50. The van der Waals surface area contributed by atoms with Gasteiger partial charge >= 0.3 is 0 Å². The summed E-state index contributed by atoms with van der Waals surface area (Å²) in [4.78, 5) is 25.2. The van der Waals surface area contributed by atoms with Gasteiger partial charge in [0, 0.05) is 49.2 Å². The minimum Gasteiger partial charge on any atom is -0.299 e. The molecule has 0 spiro atoms. The first-order valence-electron chi connectivity index (χ1n) is 8.33. The number of rotatable bonds is 5. The minimum atomic E-state index is 0.0702.